The average molecular weight is 228 g/mol. The van der Waals surface area contributed by atoms with E-state index in [1.807, 2.05) is 0 Å². The lowest BCUT2D eigenvalue weighted by Crippen LogP contribution is -2.36. The van der Waals surface area contributed by atoms with Gasteiger partial charge in [0.2, 0.25) is 0 Å². The zero-order valence-corrected chi connectivity index (χ0v) is 10.1. The minimum atomic E-state index is 0.326. The SMILES string of the molecule is CC(=O)CCCCC1SCC2NCNC21. The Morgan fingerprint density at radius 1 is 1.40 bits per heavy atom. The van der Waals surface area contributed by atoms with Crippen LogP contribution in [-0.2, 0) is 4.79 Å². The first kappa shape index (κ1) is 11.4. The molecule has 0 amide bonds. The van der Waals surface area contributed by atoms with Gasteiger partial charge in [0.15, 0.2) is 0 Å². The summed E-state index contributed by atoms with van der Waals surface area (Å²) in [7, 11) is 0. The topological polar surface area (TPSA) is 41.1 Å². The van der Waals surface area contributed by atoms with E-state index in [0.29, 0.717) is 17.9 Å². The molecule has 86 valence electrons. The fourth-order valence-corrected chi connectivity index (χ4v) is 4.05. The van der Waals surface area contributed by atoms with Crippen LogP contribution in [-0.4, -0.2) is 35.5 Å². The molecule has 0 bridgehead atoms. The second kappa shape index (κ2) is 5.32. The molecular formula is C11H20N2OS. The fraction of sp³-hybridized carbons (Fsp3) is 0.909. The molecule has 0 aromatic heterocycles. The van der Waals surface area contributed by atoms with Gasteiger partial charge in [-0.1, -0.05) is 6.42 Å². The molecule has 15 heavy (non-hydrogen) atoms. The summed E-state index contributed by atoms with van der Waals surface area (Å²) in [6.45, 7) is 2.66. The van der Waals surface area contributed by atoms with Crippen LogP contribution in [0.3, 0.4) is 0 Å². The molecule has 3 atom stereocenters. The van der Waals surface area contributed by atoms with Crippen molar-refractivity contribution in [3.05, 3.63) is 0 Å². The van der Waals surface area contributed by atoms with Gasteiger partial charge in [0, 0.05) is 36.2 Å². The van der Waals surface area contributed by atoms with Gasteiger partial charge in [0.05, 0.1) is 0 Å². The maximum absolute atomic E-state index is 10.8. The molecule has 2 aliphatic heterocycles. The highest BCUT2D eigenvalue weighted by Crippen LogP contribution is 2.32. The molecule has 2 saturated heterocycles. The second-order valence-corrected chi connectivity index (χ2v) is 5.81. The van der Waals surface area contributed by atoms with Crippen LogP contribution in [0, 0.1) is 0 Å². The summed E-state index contributed by atoms with van der Waals surface area (Å²) in [6, 6.07) is 1.36. The van der Waals surface area contributed by atoms with E-state index < -0.39 is 0 Å². The Labute approximate surface area is 95.8 Å². The quantitative estimate of drug-likeness (QED) is 0.692. The monoisotopic (exact) mass is 228 g/mol. The molecule has 3 nitrogen and oxygen atoms in total. The van der Waals surface area contributed by atoms with Gasteiger partial charge in [-0.3, -0.25) is 10.6 Å². The summed E-state index contributed by atoms with van der Waals surface area (Å²) >= 11 is 2.08. The predicted octanol–water partition coefficient (Wildman–Crippen LogP) is 1.14. The van der Waals surface area contributed by atoms with E-state index in [4.69, 9.17) is 0 Å². The first-order valence-electron chi connectivity index (χ1n) is 5.85. The van der Waals surface area contributed by atoms with Crippen molar-refractivity contribution in [1.82, 2.24) is 10.6 Å². The van der Waals surface area contributed by atoms with E-state index >= 15 is 0 Å². The summed E-state index contributed by atoms with van der Waals surface area (Å²) in [5.74, 6) is 1.57. The van der Waals surface area contributed by atoms with Crippen molar-refractivity contribution in [1.29, 1.82) is 0 Å². The van der Waals surface area contributed by atoms with E-state index in [0.717, 1.165) is 24.8 Å². The Bertz CT molecular complexity index is 235. The molecule has 0 saturated carbocycles. The van der Waals surface area contributed by atoms with Crippen LogP contribution < -0.4 is 10.6 Å². The van der Waals surface area contributed by atoms with Crippen LogP contribution in [0.25, 0.3) is 0 Å². The highest BCUT2D eigenvalue weighted by Gasteiger charge is 2.38. The van der Waals surface area contributed by atoms with Gasteiger partial charge in [-0.2, -0.15) is 11.8 Å². The number of ketones is 1. The molecule has 2 heterocycles. The Morgan fingerprint density at radius 3 is 3.07 bits per heavy atom. The van der Waals surface area contributed by atoms with Crippen LogP contribution >= 0.6 is 11.8 Å². The van der Waals surface area contributed by atoms with Crippen molar-refractivity contribution in [2.75, 3.05) is 12.4 Å². The molecule has 0 spiro atoms. The molecule has 4 heteroatoms. The maximum Gasteiger partial charge on any atom is 0.129 e. The summed E-state index contributed by atoms with van der Waals surface area (Å²) in [5, 5.41) is 7.75. The third-order valence-corrected chi connectivity index (χ3v) is 4.80. The molecule has 0 aromatic rings. The zero-order valence-electron chi connectivity index (χ0n) is 9.29. The first-order chi connectivity index (χ1) is 7.27. The fourth-order valence-electron chi connectivity index (χ4n) is 2.44. The Morgan fingerprint density at radius 2 is 2.27 bits per heavy atom. The molecular weight excluding hydrogens is 208 g/mol. The molecule has 2 N–H and O–H groups in total. The predicted molar refractivity (Wildman–Crippen MR) is 64.1 cm³/mol. The number of nitrogens with one attached hydrogen (secondary N) is 2. The van der Waals surface area contributed by atoms with E-state index in [-0.39, 0.29) is 0 Å². The number of hydrogen-bond acceptors (Lipinski definition) is 4. The van der Waals surface area contributed by atoms with Crippen LogP contribution in [0.1, 0.15) is 32.6 Å². The van der Waals surface area contributed by atoms with Gasteiger partial charge < -0.3 is 4.79 Å². The lowest BCUT2D eigenvalue weighted by atomic mass is 10.0. The first-order valence-corrected chi connectivity index (χ1v) is 6.90. The number of fused-ring (bicyclic) bond motifs is 1. The summed E-state index contributed by atoms with van der Waals surface area (Å²) in [5.41, 5.74) is 0. The Balaban J connectivity index is 1.65. The highest BCUT2D eigenvalue weighted by atomic mass is 32.2. The Hall–Kier alpha value is -0.0600. The van der Waals surface area contributed by atoms with Gasteiger partial charge in [-0.15, -0.1) is 0 Å². The maximum atomic E-state index is 10.8. The molecule has 3 unspecified atom stereocenters. The van der Waals surface area contributed by atoms with Crippen molar-refractivity contribution in [2.45, 2.75) is 49.9 Å². The van der Waals surface area contributed by atoms with Gasteiger partial charge in [-0.25, -0.2) is 0 Å². The molecule has 2 rings (SSSR count). The van der Waals surface area contributed by atoms with E-state index in [2.05, 4.69) is 22.4 Å². The summed E-state index contributed by atoms with van der Waals surface area (Å²) in [6.07, 6.45) is 4.28. The number of carbonyl (C=O) groups excluding carboxylic acids is 1. The standard InChI is InChI=1S/C11H20N2OS/c1-8(14)4-2-3-5-10-11-9(6-15-10)12-7-13-11/h9-13H,2-7H2,1H3. The zero-order chi connectivity index (χ0) is 10.7. The van der Waals surface area contributed by atoms with Crippen molar-refractivity contribution in [3.63, 3.8) is 0 Å². The van der Waals surface area contributed by atoms with Crippen LogP contribution in [0.2, 0.25) is 0 Å². The third kappa shape index (κ3) is 2.95. The highest BCUT2D eigenvalue weighted by molar-refractivity contribution is 8.00. The largest absolute Gasteiger partial charge is 0.300 e. The summed E-state index contributed by atoms with van der Waals surface area (Å²) < 4.78 is 0. The number of rotatable bonds is 5. The smallest absolute Gasteiger partial charge is 0.129 e. The number of carbonyl (C=O) groups is 1. The molecule has 2 fully saturated rings. The lowest BCUT2D eigenvalue weighted by molar-refractivity contribution is -0.117. The van der Waals surface area contributed by atoms with Crippen molar-refractivity contribution < 1.29 is 4.79 Å². The number of Topliss-reactive ketones (excluding diaryl/α,β-unsaturated/α-hetero) is 1. The second-order valence-electron chi connectivity index (χ2n) is 4.54. The molecule has 0 aromatic carbocycles. The van der Waals surface area contributed by atoms with Crippen LogP contribution in [0.4, 0.5) is 0 Å². The number of unbranched alkanes of at least 4 members (excludes halogenated alkanes) is 1. The number of hydrogen-bond donors (Lipinski definition) is 2. The van der Waals surface area contributed by atoms with Crippen molar-refractivity contribution >= 4 is 17.5 Å². The van der Waals surface area contributed by atoms with Gasteiger partial charge in [0.1, 0.15) is 5.78 Å². The normalized spacial score (nSPS) is 34.3. The van der Waals surface area contributed by atoms with E-state index in [9.17, 15) is 4.79 Å². The van der Waals surface area contributed by atoms with E-state index in [1.165, 1.54) is 18.6 Å². The average Bonchev–Trinajstić information content (AvgIpc) is 2.74. The molecule has 0 radical (unpaired) electrons. The van der Waals surface area contributed by atoms with Gasteiger partial charge in [0.25, 0.3) is 0 Å². The number of thioether (sulfide) groups is 1. The Kier molecular flexibility index (Phi) is 4.05. The van der Waals surface area contributed by atoms with Gasteiger partial charge in [-0.05, 0) is 19.8 Å². The van der Waals surface area contributed by atoms with Crippen molar-refractivity contribution in [3.8, 4) is 0 Å². The molecule has 0 aliphatic carbocycles. The lowest BCUT2D eigenvalue weighted by Gasteiger charge is -2.16. The minimum Gasteiger partial charge on any atom is -0.300 e. The van der Waals surface area contributed by atoms with Gasteiger partial charge >= 0.3 is 0 Å². The van der Waals surface area contributed by atoms with Crippen LogP contribution in [0.5, 0.6) is 0 Å². The summed E-state index contributed by atoms with van der Waals surface area (Å²) in [4.78, 5) is 10.8. The van der Waals surface area contributed by atoms with Crippen molar-refractivity contribution in [2.24, 2.45) is 0 Å². The van der Waals surface area contributed by atoms with Crippen LogP contribution in [0.15, 0.2) is 0 Å². The third-order valence-electron chi connectivity index (χ3n) is 3.29. The molecule has 2 aliphatic rings. The van der Waals surface area contributed by atoms with E-state index in [1.54, 1.807) is 6.92 Å². The minimum absolute atomic E-state index is 0.326.